The van der Waals surface area contributed by atoms with E-state index in [2.05, 4.69) is 52.2 Å². The van der Waals surface area contributed by atoms with Crippen LogP contribution >= 0.6 is 15.6 Å². The number of nitrogens with one attached hydrogen (secondary N) is 2. The van der Waals surface area contributed by atoms with Gasteiger partial charge >= 0.3 is 39.5 Å². The Morgan fingerprint density at radius 3 is 0.943 bits per heavy atom. The first kappa shape index (κ1) is 116. The number of unbranched alkanes of at least 4 members (excludes halogenated alkanes) is 50. The van der Waals surface area contributed by atoms with Gasteiger partial charge in [0.2, 0.25) is 11.8 Å². The normalized spacial score (nSPS) is 20.8. The van der Waals surface area contributed by atoms with Crippen LogP contribution < -0.4 is 10.6 Å². The number of phosphoric ester groups is 2. The monoisotopic (exact) mass is 1800 g/mol. The molecule has 724 valence electrons. The lowest BCUT2D eigenvalue weighted by atomic mass is 9.96. The number of aliphatic hydroxyl groups excluding tert-OH is 5. The Bertz CT molecular complexity index is 2720. The summed E-state index contributed by atoms with van der Waals surface area (Å²) in [6.45, 7) is 10.7. The first-order chi connectivity index (χ1) is 59.4. The van der Waals surface area contributed by atoms with Crippen LogP contribution in [0, 0.1) is 0 Å². The second-order valence-corrected chi connectivity index (χ2v) is 38.0. The van der Waals surface area contributed by atoms with E-state index in [1.54, 1.807) is 0 Å². The van der Waals surface area contributed by atoms with E-state index in [-0.39, 0.29) is 38.5 Å². The zero-order chi connectivity index (χ0) is 90.4. The molecular weight excluding hydrogens is 1620 g/mol. The number of phosphoric acid groups is 2. The molecule has 2 aliphatic heterocycles. The van der Waals surface area contributed by atoms with Crippen molar-refractivity contribution in [3.63, 3.8) is 0 Å². The van der Waals surface area contributed by atoms with Gasteiger partial charge in [0.05, 0.1) is 51.1 Å². The van der Waals surface area contributed by atoms with Crippen LogP contribution in [0.3, 0.4) is 0 Å². The van der Waals surface area contributed by atoms with Crippen LogP contribution in [0.1, 0.15) is 465 Å². The maximum absolute atomic E-state index is 15.3. The Morgan fingerprint density at radius 1 is 0.325 bits per heavy atom. The zero-order valence-corrected chi connectivity index (χ0v) is 79.4. The molecule has 0 aromatic rings. The highest BCUT2D eigenvalue weighted by Gasteiger charge is 2.56. The van der Waals surface area contributed by atoms with Crippen LogP contribution in [-0.4, -0.2) is 175 Å². The van der Waals surface area contributed by atoms with Gasteiger partial charge in [0.1, 0.15) is 48.7 Å². The lowest BCUT2D eigenvalue weighted by Crippen LogP contribution is -2.66. The van der Waals surface area contributed by atoms with Crippen LogP contribution in [0.5, 0.6) is 0 Å². The number of hydrogen-bond acceptors (Lipinski definition) is 22. The third-order valence-electron chi connectivity index (χ3n) is 23.8. The molecule has 123 heavy (non-hydrogen) atoms. The summed E-state index contributed by atoms with van der Waals surface area (Å²) >= 11 is 0. The van der Waals surface area contributed by atoms with Crippen LogP contribution in [-0.2, 0) is 79.9 Å². The molecule has 0 aromatic heterocycles. The molecule has 0 aliphatic carbocycles. The van der Waals surface area contributed by atoms with Gasteiger partial charge in [-0.1, -0.05) is 375 Å². The number of ether oxygens (including phenoxy) is 6. The quantitative estimate of drug-likeness (QED) is 0.0117. The third kappa shape index (κ3) is 60.4. The predicted octanol–water partition coefficient (Wildman–Crippen LogP) is 20.6. The molecule has 0 bridgehead atoms. The molecule has 0 aromatic carbocycles. The van der Waals surface area contributed by atoms with Crippen LogP contribution in [0.15, 0.2) is 0 Å². The van der Waals surface area contributed by atoms with Crippen LogP contribution in [0.4, 0.5) is 0 Å². The molecule has 2 heterocycles. The first-order valence-corrected chi connectivity index (χ1v) is 52.8. The predicted molar refractivity (Wildman–Crippen MR) is 481 cm³/mol. The lowest BCUT2D eigenvalue weighted by Gasteiger charge is -2.46. The van der Waals surface area contributed by atoms with E-state index in [1.807, 2.05) is 0 Å². The molecule has 0 radical (unpaired) electrons. The third-order valence-corrected chi connectivity index (χ3v) is 25.3. The first-order valence-electron chi connectivity index (χ1n) is 49.7. The summed E-state index contributed by atoms with van der Waals surface area (Å²) in [5.41, 5.74) is 0. The molecule has 2 aliphatic rings. The molecule has 2 rings (SSSR count). The molecule has 0 spiro atoms. The fourth-order valence-corrected chi connectivity index (χ4v) is 18.0. The summed E-state index contributed by atoms with van der Waals surface area (Å²) in [4.78, 5) is 120. The van der Waals surface area contributed by atoms with Crippen molar-refractivity contribution in [3.8, 4) is 0 Å². The second kappa shape index (κ2) is 75.4. The largest absolute Gasteiger partial charge is 0.477 e. The Kier molecular flexibility index (Phi) is 71.0. The minimum atomic E-state index is -6.06. The second-order valence-electron chi connectivity index (χ2n) is 35.5. The summed E-state index contributed by atoms with van der Waals surface area (Å²) in [6.07, 6.45) is 32.5. The van der Waals surface area contributed by atoms with E-state index in [0.29, 0.717) is 38.5 Å². The van der Waals surface area contributed by atoms with Crippen molar-refractivity contribution in [2.24, 2.45) is 0 Å². The SMILES string of the molecule is CCCCCCCCCCCCCC(=O)O[C@H](CCCCCCCCCCC)CC(=O)O[C@@H]1[C@@H](NC(=O)C[C@@H](CCCCCCCCCCC)OC(=O)CCCCCCCCCCC)[C@H](OP(=O)(O)O[C@H]2O[C@H](CO)[C@@H](O)[C@H](OC(=O)C[C@H](O)CCCCCCCCCCC)[C@H]2NC(=O)C[C@H](O)CCCCCCCCCCC)O[C@H](CO)[C@H]1OP(=O)(O)O. The molecule has 2 amide bonds. The van der Waals surface area contributed by atoms with Crippen molar-refractivity contribution in [3.05, 3.63) is 0 Å². The summed E-state index contributed by atoms with van der Waals surface area (Å²) in [5.74, 6) is -5.29. The fourth-order valence-electron chi connectivity index (χ4n) is 16.5. The van der Waals surface area contributed by atoms with Gasteiger partial charge < -0.3 is 79.3 Å². The Morgan fingerprint density at radius 2 is 0.602 bits per heavy atom. The van der Waals surface area contributed by atoms with Gasteiger partial charge in [-0.3, -0.25) is 42.3 Å². The maximum Gasteiger partial charge on any atom is 0.477 e. The minimum Gasteiger partial charge on any atom is -0.462 e. The highest BCUT2D eigenvalue weighted by Crippen LogP contribution is 2.51. The van der Waals surface area contributed by atoms with Gasteiger partial charge in [-0.25, -0.2) is 9.13 Å². The van der Waals surface area contributed by atoms with Crippen molar-refractivity contribution in [1.82, 2.24) is 10.6 Å². The molecule has 2 fully saturated rings. The Labute approximate surface area is 742 Å². The van der Waals surface area contributed by atoms with E-state index < -0.39 is 176 Å². The number of aliphatic hydroxyl groups is 5. The number of esters is 4. The molecule has 0 saturated carbocycles. The van der Waals surface area contributed by atoms with Gasteiger partial charge in [-0.2, -0.15) is 0 Å². The summed E-state index contributed by atoms with van der Waals surface area (Å²) < 4.78 is 81.7. The smallest absolute Gasteiger partial charge is 0.462 e. The van der Waals surface area contributed by atoms with E-state index in [9.17, 15) is 68.8 Å². The van der Waals surface area contributed by atoms with E-state index in [0.717, 1.165) is 257 Å². The zero-order valence-electron chi connectivity index (χ0n) is 77.6. The van der Waals surface area contributed by atoms with Crippen molar-refractivity contribution < 1.29 is 120 Å². The summed E-state index contributed by atoms with van der Waals surface area (Å²) in [5, 5.41) is 61.4. The van der Waals surface area contributed by atoms with E-state index in [1.165, 1.54) is 64.2 Å². The van der Waals surface area contributed by atoms with Crippen molar-refractivity contribution in [2.45, 2.75) is 551 Å². The molecule has 29 heteroatoms. The van der Waals surface area contributed by atoms with Crippen LogP contribution in [0.25, 0.3) is 0 Å². The molecule has 1 unspecified atom stereocenters. The number of carbonyl (C=O) groups is 6. The van der Waals surface area contributed by atoms with Gasteiger partial charge in [-0.15, -0.1) is 0 Å². The van der Waals surface area contributed by atoms with Gasteiger partial charge in [0.25, 0.3) is 0 Å². The number of amides is 2. The molecule has 15 atom stereocenters. The Hall–Kier alpha value is -3.24. The molecule has 10 N–H and O–H groups in total. The van der Waals surface area contributed by atoms with Crippen molar-refractivity contribution >= 4 is 51.3 Å². The minimum absolute atomic E-state index is 0.0556. The standard InChI is InChI=1S/C94H178N2O25P2/c1-7-13-19-25-31-37-38-44-50-56-62-68-84(104)114-78(66-60-54-48-42-35-29-23-17-11-5)72-86(106)118-92-88(96-82(102)71-77(65-59-53-47-41-34-28-22-16-10-4)113-83(103)67-61-55-49-43-36-30-24-18-12-6)94(116-80(74-98)90(92)119-122(108,109)110)121-123(111,112)120-93-87(95-81(101)69-75(99)63-57-51-45-39-32-26-20-14-8-2)91(89(107)79(73-97)115-93)117-85(105)70-76(100)64-58-52-46-40-33-27-21-15-9-3/h75-80,87-94,97-100,107H,7-74H2,1-6H3,(H,95,101)(H,96,102)(H,111,112)(H2,108,109,110)/t75-,76-,77-,78-,79-,80-,87-,88-,89-,90-,91-,92-,93-,94+/m1/s1. The topological polar surface area (TPSA) is 406 Å². The highest BCUT2D eigenvalue weighted by molar-refractivity contribution is 7.47. The molecule has 2 saturated heterocycles. The van der Waals surface area contributed by atoms with E-state index in [4.69, 9.17) is 42.0 Å². The lowest BCUT2D eigenvalue weighted by molar-refractivity contribution is -0.267. The Balaban J connectivity index is 2.85. The number of hydrogen-bond donors (Lipinski definition) is 10. The van der Waals surface area contributed by atoms with Gasteiger partial charge in [-0.05, 0) is 51.4 Å². The van der Waals surface area contributed by atoms with Crippen molar-refractivity contribution in [2.75, 3.05) is 13.2 Å². The summed E-state index contributed by atoms with van der Waals surface area (Å²) in [7, 11) is -11.8. The highest BCUT2D eigenvalue weighted by atomic mass is 31.2. The average Bonchev–Trinajstić information content (AvgIpc) is 0.770. The van der Waals surface area contributed by atoms with E-state index >= 15 is 9.36 Å². The fraction of sp³-hybridized carbons (Fsp3) is 0.936. The average molecular weight is 1800 g/mol. The number of carbonyl (C=O) groups excluding carboxylic acids is 6. The summed E-state index contributed by atoms with van der Waals surface area (Å²) in [6, 6.07) is -4.17. The van der Waals surface area contributed by atoms with Gasteiger partial charge in [0.15, 0.2) is 24.8 Å². The number of rotatable bonds is 84. The molecular formula is C94H178N2O25P2. The van der Waals surface area contributed by atoms with Gasteiger partial charge in [0, 0.05) is 12.8 Å². The maximum atomic E-state index is 15.3. The van der Waals surface area contributed by atoms with Crippen molar-refractivity contribution in [1.29, 1.82) is 0 Å². The van der Waals surface area contributed by atoms with Crippen LogP contribution in [0.2, 0.25) is 0 Å². The molecule has 27 nitrogen and oxygen atoms in total.